The van der Waals surface area contributed by atoms with Crippen molar-refractivity contribution in [1.29, 1.82) is 0 Å². The van der Waals surface area contributed by atoms with E-state index in [2.05, 4.69) is 40.4 Å². The van der Waals surface area contributed by atoms with Crippen LogP contribution in [0.3, 0.4) is 0 Å². The minimum absolute atomic E-state index is 0.103. The van der Waals surface area contributed by atoms with Gasteiger partial charge in [-0.3, -0.25) is 10.1 Å². The fourth-order valence-electron chi connectivity index (χ4n) is 3.68. The van der Waals surface area contributed by atoms with E-state index in [0.29, 0.717) is 42.6 Å². The molecule has 190 valence electrons. The zero-order valence-electron chi connectivity index (χ0n) is 20.1. The molecule has 0 unspecified atom stereocenters. The van der Waals surface area contributed by atoms with E-state index < -0.39 is 15.9 Å². The van der Waals surface area contributed by atoms with Crippen molar-refractivity contribution in [1.82, 2.24) is 9.62 Å². The van der Waals surface area contributed by atoms with Gasteiger partial charge in [-0.1, -0.05) is 42.6 Å². The van der Waals surface area contributed by atoms with Gasteiger partial charge in [0.25, 0.3) is 5.91 Å². The monoisotopic (exact) mass is 581 g/mol. The van der Waals surface area contributed by atoms with Gasteiger partial charge in [0.2, 0.25) is 10.0 Å². The number of nitrogens with one attached hydrogen (secondary N) is 2. The van der Waals surface area contributed by atoms with Crippen molar-refractivity contribution in [3.05, 3.63) is 52.5 Å². The van der Waals surface area contributed by atoms with Crippen molar-refractivity contribution in [3.8, 4) is 5.75 Å². The predicted molar refractivity (Wildman–Crippen MR) is 146 cm³/mol. The molecule has 0 spiro atoms. The maximum atomic E-state index is 13.0. The zero-order chi connectivity index (χ0) is 25.4. The number of anilines is 1. The maximum Gasteiger partial charge on any atom is 0.261 e. The number of halogens is 1. The lowest BCUT2D eigenvalue weighted by Crippen LogP contribution is -2.34. The predicted octanol–water partition coefficient (Wildman–Crippen LogP) is 5.57. The molecule has 0 radical (unpaired) electrons. The Morgan fingerprint density at radius 2 is 1.74 bits per heavy atom. The SMILES string of the molecule is CC(C)CCOc1ccc(Br)cc1C(=O)NC(=S)Nc1ccc(S(=O)(=O)N2CCCCCC2)cc1. The first-order chi connectivity index (χ1) is 16.7. The van der Waals surface area contributed by atoms with Crippen LogP contribution in [0.15, 0.2) is 51.8 Å². The summed E-state index contributed by atoms with van der Waals surface area (Å²) in [5, 5.41) is 5.71. The highest BCUT2D eigenvalue weighted by Crippen LogP contribution is 2.24. The number of nitrogens with zero attached hydrogens (tertiary/aromatic N) is 1. The Kier molecular flexibility index (Phi) is 10.1. The molecule has 1 aliphatic heterocycles. The maximum absolute atomic E-state index is 13.0. The molecule has 3 rings (SSSR count). The van der Waals surface area contributed by atoms with Gasteiger partial charge in [-0.15, -0.1) is 0 Å². The van der Waals surface area contributed by atoms with Gasteiger partial charge < -0.3 is 10.1 Å². The molecular weight excluding hydrogens is 550 g/mol. The Morgan fingerprint density at radius 1 is 1.09 bits per heavy atom. The van der Waals surface area contributed by atoms with Crippen molar-refractivity contribution in [2.75, 3.05) is 25.0 Å². The zero-order valence-corrected chi connectivity index (χ0v) is 23.3. The van der Waals surface area contributed by atoms with Crippen LogP contribution in [0.4, 0.5) is 5.69 Å². The third-order valence-electron chi connectivity index (χ3n) is 5.68. The molecule has 2 aromatic rings. The van der Waals surface area contributed by atoms with Gasteiger partial charge in [-0.05, 0) is 79.9 Å². The van der Waals surface area contributed by atoms with Crippen molar-refractivity contribution >= 4 is 54.9 Å². The Balaban J connectivity index is 1.62. The molecule has 0 aliphatic carbocycles. The minimum Gasteiger partial charge on any atom is -0.493 e. The quantitative estimate of drug-likeness (QED) is 0.396. The van der Waals surface area contributed by atoms with Crippen LogP contribution < -0.4 is 15.4 Å². The number of benzene rings is 2. The number of carbonyl (C=O) groups is 1. The van der Waals surface area contributed by atoms with Crippen molar-refractivity contribution < 1.29 is 17.9 Å². The molecule has 10 heteroatoms. The number of thiocarbonyl (C=S) groups is 1. The number of hydrogen-bond donors (Lipinski definition) is 2. The Hall–Kier alpha value is -2.01. The lowest BCUT2D eigenvalue weighted by molar-refractivity contribution is 0.0973. The van der Waals surface area contributed by atoms with Crippen LogP contribution in [0.25, 0.3) is 0 Å². The molecule has 7 nitrogen and oxygen atoms in total. The van der Waals surface area contributed by atoms with Crippen LogP contribution in [-0.2, 0) is 10.0 Å². The van der Waals surface area contributed by atoms with Crippen LogP contribution in [0.2, 0.25) is 0 Å². The molecular formula is C25H32BrN3O4S2. The number of ether oxygens (including phenoxy) is 1. The van der Waals surface area contributed by atoms with E-state index in [1.54, 1.807) is 40.7 Å². The van der Waals surface area contributed by atoms with Crippen LogP contribution in [0, 0.1) is 5.92 Å². The summed E-state index contributed by atoms with van der Waals surface area (Å²) in [7, 11) is -3.52. The van der Waals surface area contributed by atoms with Gasteiger partial charge in [-0.25, -0.2) is 8.42 Å². The molecule has 1 amide bonds. The standard InChI is InChI=1S/C25H32BrN3O4S2/c1-18(2)13-16-33-23-12-7-19(26)17-22(23)24(30)28-25(34)27-20-8-10-21(11-9-20)35(31,32)29-14-5-3-4-6-15-29/h7-12,17-18H,3-6,13-16H2,1-2H3,(H2,27,28,30,34). The van der Waals surface area contributed by atoms with Crippen molar-refractivity contribution in [3.63, 3.8) is 0 Å². The van der Waals surface area contributed by atoms with E-state index in [1.807, 2.05) is 6.07 Å². The summed E-state index contributed by atoms with van der Waals surface area (Å²) in [6.07, 6.45) is 4.76. The first-order valence-corrected chi connectivity index (χ1v) is 14.5. The number of sulfonamides is 1. The van der Waals surface area contributed by atoms with Gasteiger partial charge in [0, 0.05) is 23.2 Å². The molecule has 1 aliphatic rings. The first-order valence-electron chi connectivity index (χ1n) is 11.8. The summed E-state index contributed by atoms with van der Waals surface area (Å²) < 4.78 is 34.0. The molecule has 1 fully saturated rings. The largest absolute Gasteiger partial charge is 0.493 e. The summed E-state index contributed by atoms with van der Waals surface area (Å²) >= 11 is 8.71. The third kappa shape index (κ3) is 7.99. The minimum atomic E-state index is -3.52. The molecule has 35 heavy (non-hydrogen) atoms. The average molecular weight is 583 g/mol. The molecule has 2 N–H and O–H groups in total. The average Bonchev–Trinajstić information content (AvgIpc) is 3.10. The van der Waals surface area contributed by atoms with Crippen LogP contribution >= 0.6 is 28.1 Å². The number of carbonyl (C=O) groups excluding carboxylic acids is 1. The fraction of sp³-hybridized carbons (Fsp3) is 0.440. The van der Waals surface area contributed by atoms with Gasteiger partial charge in [0.1, 0.15) is 5.75 Å². The Bertz CT molecular complexity index is 1130. The molecule has 1 heterocycles. The van der Waals surface area contributed by atoms with Gasteiger partial charge in [-0.2, -0.15) is 4.31 Å². The Morgan fingerprint density at radius 3 is 2.37 bits per heavy atom. The number of amides is 1. The van der Waals surface area contributed by atoms with E-state index in [0.717, 1.165) is 36.6 Å². The molecule has 2 aromatic carbocycles. The molecule has 0 bridgehead atoms. The van der Waals surface area contributed by atoms with E-state index in [9.17, 15) is 13.2 Å². The normalized spacial score (nSPS) is 14.9. The summed E-state index contributed by atoms with van der Waals surface area (Å²) in [4.78, 5) is 13.1. The van der Waals surface area contributed by atoms with Crippen molar-refractivity contribution in [2.45, 2.75) is 50.8 Å². The number of hydrogen-bond acceptors (Lipinski definition) is 5. The summed E-state index contributed by atoms with van der Waals surface area (Å²) in [6, 6.07) is 11.7. The molecule has 0 atom stereocenters. The fourth-order valence-corrected chi connectivity index (χ4v) is 5.77. The van der Waals surface area contributed by atoms with Gasteiger partial charge in [0.05, 0.1) is 17.1 Å². The highest BCUT2D eigenvalue weighted by Gasteiger charge is 2.25. The topological polar surface area (TPSA) is 87.7 Å². The lowest BCUT2D eigenvalue weighted by atomic mass is 10.1. The summed E-state index contributed by atoms with van der Waals surface area (Å²) in [5.74, 6) is 0.575. The smallest absolute Gasteiger partial charge is 0.261 e. The molecule has 1 saturated heterocycles. The number of rotatable bonds is 8. The van der Waals surface area contributed by atoms with E-state index in [-0.39, 0.29) is 10.0 Å². The van der Waals surface area contributed by atoms with E-state index in [1.165, 1.54) is 0 Å². The van der Waals surface area contributed by atoms with E-state index in [4.69, 9.17) is 17.0 Å². The Labute approximate surface area is 221 Å². The molecule has 0 aromatic heterocycles. The molecule has 0 saturated carbocycles. The van der Waals surface area contributed by atoms with Gasteiger partial charge >= 0.3 is 0 Å². The highest BCUT2D eigenvalue weighted by molar-refractivity contribution is 9.10. The van der Waals surface area contributed by atoms with Gasteiger partial charge in [0.15, 0.2) is 5.11 Å². The van der Waals surface area contributed by atoms with Crippen molar-refractivity contribution in [2.24, 2.45) is 5.92 Å². The lowest BCUT2D eigenvalue weighted by Gasteiger charge is -2.20. The van der Waals surface area contributed by atoms with E-state index >= 15 is 0 Å². The first kappa shape index (κ1) is 27.6. The van der Waals surface area contributed by atoms with Crippen LogP contribution in [-0.4, -0.2) is 43.4 Å². The van der Waals surface area contributed by atoms with Crippen LogP contribution in [0.1, 0.15) is 56.3 Å². The second-order valence-corrected chi connectivity index (χ2v) is 12.2. The van der Waals surface area contributed by atoms with Crippen LogP contribution in [0.5, 0.6) is 5.75 Å². The second kappa shape index (κ2) is 12.8. The summed E-state index contributed by atoms with van der Waals surface area (Å²) in [6.45, 7) is 5.84. The second-order valence-electron chi connectivity index (χ2n) is 8.92. The summed E-state index contributed by atoms with van der Waals surface area (Å²) in [5.41, 5.74) is 0.943. The highest BCUT2D eigenvalue weighted by atomic mass is 79.9. The third-order valence-corrected chi connectivity index (χ3v) is 8.29.